The van der Waals surface area contributed by atoms with E-state index in [1.54, 1.807) is 11.3 Å². The maximum Gasteiger partial charge on any atom is 0.254 e. The van der Waals surface area contributed by atoms with Crippen molar-refractivity contribution in [1.82, 2.24) is 9.80 Å². The fourth-order valence-corrected chi connectivity index (χ4v) is 3.63. The van der Waals surface area contributed by atoms with Gasteiger partial charge >= 0.3 is 0 Å². The highest BCUT2D eigenvalue weighted by atomic mass is 32.1. The Labute approximate surface area is 136 Å². The summed E-state index contributed by atoms with van der Waals surface area (Å²) in [5.41, 5.74) is 3.14. The van der Waals surface area contributed by atoms with Crippen LogP contribution in [0.1, 0.15) is 26.4 Å². The third-order valence-electron chi connectivity index (χ3n) is 4.45. The predicted octanol–water partition coefficient (Wildman–Crippen LogP) is 3.32. The Kier molecular flexibility index (Phi) is 4.60. The van der Waals surface area contributed by atoms with Crippen molar-refractivity contribution >= 4 is 17.2 Å². The minimum atomic E-state index is 0.178. The molecule has 2 heterocycles. The van der Waals surface area contributed by atoms with Gasteiger partial charge in [-0.1, -0.05) is 18.2 Å². The van der Waals surface area contributed by atoms with E-state index in [0.29, 0.717) is 0 Å². The second-order valence-electron chi connectivity index (χ2n) is 5.90. The van der Waals surface area contributed by atoms with E-state index in [1.807, 2.05) is 24.0 Å². The summed E-state index contributed by atoms with van der Waals surface area (Å²) in [6.45, 7) is 8.64. The zero-order chi connectivity index (χ0) is 15.5. The van der Waals surface area contributed by atoms with Gasteiger partial charge < -0.3 is 4.90 Å². The maximum absolute atomic E-state index is 12.7. The number of nitrogens with zero attached hydrogens (tertiary/aromatic N) is 2. The Morgan fingerprint density at radius 1 is 1.09 bits per heavy atom. The minimum absolute atomic E-state index is 0.178. The Hall–Kier alpha value is -1.65. The first-order valence-corrected chi connectivity index (χ1v) is 8.63. The first-order valence-electron chi connectivity index (χ1n) is 7.75. The van der Waals surface area contributed by atoms with E-state index in [0.717, 1.165) is 43.9 Å². The number of piperazine rings is 1. The van der Waals surface area contributed by atoms with Gasteiger partial charge in [0.15, 0.2) is 0 Å². The molecule has 1 aliphatic heterocycles. The van der Waals surface area contributed by atoms with Crippen LogP contribution in [-0.2, 0) is 6.54 Å². The molecule has 2 aromatic rings. The molecule has 0 unspecified atom stereocenters. The molecule has 0 atom stereocenters. The summed E-state index contributed by atoms with van der Waals surface area (Å²) >= 11 is 1.80. The van der Waals surface area contributed by atoms with E-state index in [2.05, 4.69) is 35.4 Å². The van der Waals surface area contributed by atoms with Crippen LogP contribution < -0.4 is 0 Å². The van der Waals surface area contributed by atoms with Crippen molar-refractivity contribution in [1.29, 1.82) is 0 Å². The molecular formula is C18H22N2OS. The number of hydrogen-bond donors (Lipinski definition) is 0. The molecule has 0 N–H and O–H groups in total. The van der Waals surface area contributed by atoms with Crippen LogP contribution in [0.3, 0.4) is 0 Å². The number of rotatable bonds is 3. The second kappa shape index (κ2) is 6.63. The van der Waals surface area contributed by atoms with Crippen molar-refractivity contribution in [3.63, 3.8) is 0 Å². The fraction of sp³-hybridized carbons (Fsp3) is 0.389. The number of carbonyl (C=O) groups excluding carboxylic acids is 1. The molecule has 3 nitrogen and oxygen atoms in total. The van der Waals surface area contributed by atoms with Crippen molar-refractivity contribution in [2.24, 2.45) is 0 Å². The van der Waals surface area contributed by atoms with E-state index in [9.17, 15) is 4.79 Å². The number of aryl methyl sites for hydroxylation is 1. The van der Waals surface area contributed by atoms with Gasteiger partial charge in [-0.3, -0.25) is 9.69 Å². The predicted molar refractivity (Wildman–Crippen MR) is 91.4 cm³/mol. The SMILES string of the molecule is Cc1cccc(C(=O)N2CCN(Cc3cccs3)CC2)c1C. The fourth-order valence-electron chi connectivity index (χ4n) is 2.89. The van der Waals surface area contributed by atoms with E-state index in [4.69, 9.17) is 0 Å². The zero-order valence-corrected chi connectivity index (χ0v) is 14.0. The molecule has 1 aromatic heterocycles. The zero-order valence-electron chi connectivity index (χ0n) is 13.2. The topological polar surface area (TPSA) is 23.6 Å². The molecule has 4 heteroatoms. The number of hydrogen-bond acceptors (Lipinski definition) is 3. The van der Waals surface area contributed by atoms with Crippen LogP contribution in [0.2, 0.25) is 0 Å². The van der Waals surface area contributed by atoms with E-state index >= 15 is 0 Å². The van der Waals surface area contributed by atoms with Crippen LogP contribution in [0.5, 0.6) is 0 Å². The van der Waals surface area contributed by atoms with E-state index in [1.165, 1.54) is 10.4 Å². The van der Waals surface area contributed by atoms with Crippen molar-refractivity contribution in [3.8, 4) is 0 Å². The van der Waals surface area contributed by atoms with Gasteiger partial charge in [0.2, 0.25) is 0 Å². The summed E-state index contributed by atoms with van der Waals surface area (Å²) in [7, 11) is 0. The number of amides is 1. The highest BCUT2D eigenvalue weighted by molar-refractivity contribution is 7.09. The lowest BCUT2D eigenvalue weighted by molar-refractivity contribution is 0.0629. The molecular weight excluding hydrogens is 292 g/mol. The number of carbonyl (C=O) groups is 1. The number of benzene rings is 1. The molecule has 0 radical (unpaired) electrons. The lowest BCUT2D eigenvalue weighted by Gasteiger charge is -2.34. The van der Waals surface area contributed by atoms with Gasteiger partial charge in [0.05, 0.1) is 0 Å². The quantitative estimate of drug-likeness (QED) is 0.867. The van der Waals surface area contributed by atoms with Crippen LogP contribution >= 0.6 is 11.3 Å². The molecule has 22 heavy (non-hydrogen) atoms. The largest absolute Gasteiger partial charge is 0.336 e. The van der Waals surface area contributed by atoms with Crippen LogP contribution in [0.15, 0.2) is 35.7 Å². The molecule has 116 valence electrons. The van der Waals surface area contributed by atoms with Crippen LogP contribution in [-0.4, -0.2) is 41.9 Å². The average Bonchev–Trinajstić information content (AvgIpc) is 3.03. The molecule has 0 spiro atoms. The molecule has 1 saturated heterocycles. The Morgan fingerprint density at radius 3 is 2.55 bits per heavy atom. The van der Waals surface area contributed by atoms with Crippen molar-refractivity contribution in [2.75, 3.05) is 26.2 Å². The molecule has 0 saturated carbocycles. The smallest absolute Gasteiger partial charge is 0.254 e. The van der Waals surface area contributed by atoms with Crippen molar-refractivity contribution < 1.29 is 4.79 Å². The van der Waals surface area contributed by atoms with Crippen LogP contribution in [0.4, 0.5) is 0 Å². The number of thiophene rings is 1. The third-order valence-corrected chi connectivity index (χ3v) is 5.32. The molecule has 1 aliphatic rings. The highest BCUT2D eigenvalue weighted by Gasteiger charge is 2.23. The normalized spacial score (nSPS) is 16.0. The molecule has 3 rings (SSSR count). The highest BCUT2D eigenvalue weighted by Crippen LogP contribution is 2.18. The summed E-state index contributed by atoms with van der Waals surface area (Å²) in [6, 6.07) is 10.3. The average molecular weight is 314 g/mol. The first kappa shape index (κ1) is 15.3. The second-order valence-corrected chi connectivity index (χ2v) is 6.93. The van der Waals surface area contributed by atoms with Crippen molar-refractivity contribution in [3.05, 3.63) is 57.3 Å². The van der Waals surface area contributed by atoms with Crippen LogP contribution in [0, 0.1) is 13.8 Å². The maximum atomic E-state index is 12.7. The minimum Gasteiger partial charge on any atom is -0.336 e. The van der Waals surface area contributed by atoms with E-state index in [-0.39, 0.29) is 5.91 Å². The summed E-state index contributed by atoms with van der Waals surface area (Å²) in [4.78, 5) is 18.5. The molecule has 0 aliphatic carbocycles. The lowest BCUT2D eigenvalue weighted by Crippen LogP contribution is -2.48. The van der Waals surface area contributed by atoms with Gasteiger partial charge in [-0.25, -0.2) is 0 Å². The molecule has 0 bridgehead atoms. The van der Waals surface area contributed by atoms with Crippen molar-refractivity contribution in [2.45, 2.75) is 20.4 Å². The Balaban J connectivity index is 1.61. The molecule has 1 amide bonds. The summed E-state index contributed by atoms with van der Waals surface area (Å²) in [5, 5.41) is 2.12. The van der Waals surface area contributed by atoms with Gasteiger partial charge in [-0.05, 0) is 42.5 Å². The lowest BCUT2D eigenvalue weighted by atomic mass is 10.0. The van der Waals surface area contributed by atoms with Gasteiger partial charge in [-0.2, -0.15) is 0 Å². The first-order chi connectivity index (χ1) is 10.6. The van der Waals surface area contributed by atoms with Gasteiger partial charge in [0.25, 0.3) is 5.91 Å². The third kappa shape index (κ3) is 3.23. The molecule has 1 aromatic carbocycles. The van der Waals surface area contributed by atoms with Crippen LogP contribution in [0.25, 0.3) is 0 Å². The summed E-state index contributed by atoms with van der Waals surface area (Å²) in [6.07, 6.45) is 0. The van der Waals surface area contributed by atoms with Gasteiger partial charge in [-0.15, -0.1) is 11.3 Å². The summed E-state index contributed by atoms with van der Waals surface area (Å²) in [5.74, 6) is 0.178. The van der Waals surface area contributed by atoms with Gasteiger partial charge in [0.1, 0.15) is 0 Å². The molecule has 1 fully saturated rings. The standard InChI is InChI=1S/C18H22N2OS/c1-14-5-3-7-17(15(14)2)18(21)20-10-8-19(9-11-20)13-16-6-4-12-22-16/h3-7,12H,8-11,13H2,1-2H3. The van der Waals surface area contributed by atoms with E-state index < -0.39 is 0 Å². The Morgan fingerprint density at radius 2 is 1.86 bits per heavy atom. The monoisotopic (exact) mass is 314 g/mol. The summed E-state index contributed by atoms with van der Waals surface area (Å²) < 4.78 is 0. The Bertz CT molecular complexity index is 643. The van der Waals surface area contributed by atoms with Gasteiger partial charge in [0, 0.05) is 43.2 Å².